The van der Waals surface area contributed by atoms with E-state index >= 15 is 0 Å². The molecule has 0 spiro atoms. The van der Waals surface area contributed by atoms with Crippen LogP contribution in [0, 0.1) is 13.8 Å². The van der Waals surface area contributed by atoms with Crippen molar-refractivity contribution in [2.24, 2.45) is 0 Å². The molecule has 16 nitrogen and oxygen atoms in total. The molecule has 6 aromatic rings. The minimum Gasteiger partial charge on any atom is -0.308 e. The van der Waals surface area contributed by atoms with E-state index in [4.69, 9.17) is 0 Å². The summed E-state index contributed by atoms with van der Waals surface area (Å²) in [7, 11) is -7.20. The summed E-state index contributed by atoms with van der Waals surface area (Å²) in [4.78, 5) is 53.4. The molecule has 0 radical (unpaired) electrons. The number of sulfonamides is 2. The zero-order valence-corrected chi connectivity index (χ0v) is 27.3. The largest absolute Gasteiger partial charge is 0.308 e. The van der Waals surface area contributed by atoms with Crippen LogP contribution in [0.3, 0.4) is 0 Å². The van der Waals surface area contributed by atoms with E-state index in [1.807, 2.05) is 13.8 Å². The quantitative estimate of drug-likeness (QED) is 0.158. The minimum atomic E-state index is -3.60. The fourth-order valence-corrected chi connectivity index (χ4v) is 6.35. The molecule has 0 atom stereocenters. The Balaban J connectivity index is 0.000000188. The molecule has 4 heterocycles. The first-order chi connectivity index (χ1) is 22.9. The Bertz CT molecular complexity index is 2230. The van der Waals surface area contributed by atoms with Crippen molar-refractivity contribution >= 4 is 42.4 Å². The number of H-pyrrole nitrogens is 2. The van der Waals surface area contributed by atoms with Crippen molar-refractivity contribution in [1.82, 2.24) is 49.3 Å². The molecular weight excluding hydrogens is 661 g/mol. The number of hydrogen-bond acceptors (Lipinski definition) is 12. The van der Waals surface area contributed by atoms with Crippen molar-refractivity contribution in [3.8, 4) is 0 Å². The summed E-state index contributed by atoms with van der Waals surface area (Å²) in [6, 6.07) is 13.1. The van der Waals surface area contributed by atoms with E-state index < -0.39 is 31.2 Å². The average Bonchev–Trinajstić information content (AvgIpc) is 3.05. The maximum absolute atomic E-state index is 12.2. The van der Waals surface area contributed by atoms with Gasteiger partial charge in [-0.3, -0.25) is 9.59 Å². The monoisotopic (exact) mass is 690 g/mol. The Morgan fingerprint density at radius 1 is 0.562 bits per heavy atom. The van der Waals surface area contributed by atoms with Crippen LogP contribution in [0.1, 0.15) is 22.8 Å². The maximum atomic E-state index is 12.2. The summed E-state index contributed by atoms with van der Waals surface area (Å²) < 4.78 is 53.7. The number of rotatable bonds is 10. The molecular formula is C30H30N10O6S2. The molecule has 2 aromatic carbocycles. The molecule has 0 unspecified atom stereocenters. The summed E-state index contributed by atoms with van der Waals surface area (Å²) in [5, 5.41) is 0. The summed E-state index contributed by atoms with van der Waals surface area (Å²) >= 11 is 0. The molecule has 0 aliphatic rings. The third kappa shape index (κ3) is 8.53. The van der Waals surface area contributed by atoms with Gasteiger partial charge in [-0.05, 0) is 38.1 Å². The summed E-state index contributed by atoms with van der Waals surface area (Å²) in [5.41, 5.74) is 1.94. The molecule has 0 aliphatic heterocycles. The molecule has 0 saturated heterocycles. The van der Waals surface area contributed by atoms with Crippen LogP contribution >= 0.6 is 0 Å². The van der Waals surface area contributed by atoms with Crippen molar-refractivity contribution < 1.29 is 16.8 Å². The highest BCUT2D eigenvalue weighted by Gasteiger charge is 2.15. The SMILES string of the molecule is Cc1ccc(S(=O)(=O)NCCc2nc3nccnc3c(=O)[nH]2)cc1.Cc1ccc(S(=O)(=O)NCCc2nc3nccnc3c(=O)[nH]2)cc1. The third-order valence-corrected chi connectivity index (χ3v) is 9.71. The lowest BCUT2D eigenvalue weighted by molar-refractivity contribution is 0.579. The molecule has 248 valence electrons. The predicted octanol–water partition coefficient (Wildman–Crippen LogP) is 1.09. The number of aromatic nitrogens is 8. The van der Waals surface area contributed by atoms with Crippen LogP contribution in [0.5, 0.6) is 0 Å². The van der Waals surface area contributed by atoms with Crippen LogP contribution in [0.2, 0.25) is 0 Å². The van der Waals surface area contributed by atoms with Gasteiger partial charge in [0.25, 0.3) is 11.1 Å². The second-order valence-corrected chi connectivity index (χ2v) is 13.9. The molecule has 0 saturated carbocycles. The smallest absolute Gasteiger partial charge is 0.279 e. The topological polar surface area (TPSA) is 235 Å². The number of nitrogens with one attached hydrogen (secondary N) is 4. The van der Waals surface area contributed by atoms with Crippen molar-refractivity contribution in [3.63, 3.8) is 0 Å². The zero-order valence-electron chi connectivity index (χ0n) is 25.7. The molecule has 18 heteroatoms. The van der Waals surface area contributed by atoms with Crippen LogP contribution < -0.4 is 20.6 Å². The molecule has 0 amide bonds. The second-order valence-electron chi connectivity index (χ2n) is 10.4. The van der Waals surface area contributed by atoms with E-state index in [-0.39, 0.29) is 58.0 Å². The van der Waals surface area contributed by atoms with Gasteiger partial charge in [0.15, 0.2) is 22.3 Å². The van der Waals surface area contributed by atoms with Gasteiger partial charge in [-0.2, -0.15) is 0 Å². The number of benzene rings is 2. The predicted molar refractivity (Wildman–Crippen MR) is 176 cm³/mol. The van der Waals surface area contributed by atoms with Crippen LogP contribution in [-0.2, 0) is 32.9 Å². The Kier molecular flexibility index (Phi) is 10.4. The van der Waals surface area contributed by atoms with E-state index in [1.54, 1.807) is 48.5 Å². The highest BCUT2D eigenvalue weighted by Crippen LogP contribution is 2.11. The number of fused-ring (bicyclic) bond motifs is 2. The first-order valence-corrected chi connectivity index (χ1v) is 17.4. The van der Waals surface area contributed by atoms with Gasteiger partial charge in [-0.1, -0.05) is 35.4 Å². The average molecular weight is 691 g/mol. The lowest BCUT2D eigenvalue weighted by Gasteiger charge is -2.07. The van der Waals surface area contributed by atoms with Gasteiger partial charge in [-0.15, -0.1) is 0 Å². The lowest BCUT2D eigenvalue weighted by Crippen LogP contribution is -2.27. The molecule has 4 N–H and O–H groups in total. The van der Waals surface area contributed by atoms with Crippen molar-refractivity contribution in [2.75, 3.05) is 13.1 Å². The Morgan fingerprint density at radius 3 is 1.29 bits per heavy atom. The summed E-state index contributed by atoms with van der Waals surface area (Å²) in [6.45, 7) is 3.97. The number of aryl methyl sites for hydroxylation is 2. The highest BCUT2D eigenvalue weighted by atomic mass is 32.2. The molecule has 48 heavy (non-hydrogen) atoms. The summed E-state index contributed by atoms with van der Waals surface area (Å²) in [6.07, 6.45) is 6.17. The van der Waals surface area contributed by atoms with E-state index in [0.29, 0.717) is 11.6 Å². The molecule has 0 bridgehead atoms. The van der Waals surface area contributed by atoms with Gasteiger partial charge in [-0.25, -0.2) is 56.2 Å². The lowest BCUT2D eigenvalue weighted by atomic mass is 10.2. The van der Waals surface area contributed by atoms with Gasteiger partial charge >= 0.3 is 0 Å². The van der Waals surface area contributed by atoms with Crippen LogP contribution in [0.15, 0.2) is 92.7 Å². The summed E-state index contributed by atoms with van der Waals surface area (Å²) in [5.74, 6) is 0.694. The van der Waals surface area contributed by atoms with Gasteiger partial charge in [0.05, 0.1) is 9.79 Å². The van der Waals surface area contributed by atoms with E-state index in [9.17, 15) is 26.4 Å². The maximum Gasteiger partial charge on any atom is 0.279 e. The standard InChI is InChI=1S/2C15H15N5O3S/c2*1-10-2-4-11(5-3-10)24(22,23)18-7-6-12-19-14-13(15(21)20-12)16-8-9-17-14/h2*2-5,8-9,18H,6-7H2,1H3,(H,17,19,20,21). The first-order valence-electron chi connectivity index (χ1n) is 14.4. The van der Waals surface area contributed by atoms with Gasteiger partial charge in [0, 0.05) is 50.7 Å². The Labute approximate surface area is 274 Å². The number of aromatic amines is 2. The van der Waals surface area contributed by atoms with Crippen LogP contribution in [0.4, 0.5) is 0 Å². The first kappa shape index (κ1) is 34.0. The highest BCUT2D eigenvalue weighted by molar-refractivity contribution is 7.89. The van der Waals surface area contributed by atoms with E-state index in [0.717, 1.165) is 11.1 Å². The normalized spacial score (nSPS) is 11.7. The fourth-order valence-electron chi connectivity index (χ4n) is 4.28. The van der Waals surface area contributed by atoms with Gasteiger partial charge in [0.2, 0.25) is 20.0 Å². The van der Waals surface area contributed by atoms with Crippen LogP contribution in [-0.4, -0.2) is 69.8 Å². The Morgan fingerprint density at radius 2 is 0.917 bits per heavy atom. The third-order valence-electron chi connectivity index (χ3n) is 6.76. The van der Waals surface area contributed by atoms with Gasteiger partial charge < -0.3 is 9.97 Å². The van der Waals surface area contributed by atoms with E-state index in [2.05, 4.69) is 49.3 Å². The van der Waals surface area contributed by atoms with Crippen molar-refractivity contribution in [1.29, 1.82) is 0 Å². The van der Waals surface area contributed by atoms with Crippen molar-refractivity contribution in [2.45, 2.75) is 36.5 Å². The zero-order chi connectivity index (χ0) is 34.3. The molecule has 6 rings (SSSR count). The Hall–Kier alpha value is -5.30. The number of hydrogen-bond donors (Lipinski definition) is 4. The van der Waals surface area contributed by atoms with Gasteiger partial charge in [0.1, 0.15) is 11.6 Å². The minimum absolute atomic E-state index is 0.102. The number of nitrogens with zero attached hydrogens (tertiary/aromatic N) is 6. The van der Waals surface area contributed by atoms with Crippen molar-refractivity contribution in [3.05, 3.63) is 117 Å². The van der Waals surface area contributed by atoms with E-state index in [1.165, 1.54) is 24.8 Å². The molecule has 0 fully saturated rings. The van der Waals surface area contributed by atoms with Crippen LogP contribution in [0.25, 0.3) is 22.3 Å². The fraction of sp³-hybridized carbons (Fsp3) is 0.200. The molecule has 0 aliphatic carbocycles. The molecule has 4 aromatic heterocycles. The second kappa shape index (κ2) is 14.6.